The van der Waals surface area contributed by atoms with E-state index in [1.54, 1.807) is 12.1 Å². The molecule has 0 atom stereocenters. The van der Waals surface area contributed by atoms with E-state index in [9.17, 15) is 4.39 Å². The summed E-state index contributed by atoms with van der Waals surface area (Å²) in [6.45, 7) is 0. The lowest BCUT2D eigenvalue weighted by Crippen LogP contribution is -1.92. The van der Waals surface area contributed by atoms with Crippen LogP contribution in [0.1, 0.15) is 5.69 Å². The van der Waals surface area contributed by atoms with Crippen molar-refractivity contribution in [1.29, 1.82) is 5.26 Å². The number of ether oxygens (including phenoxy) is 1. The van der Waals surface area contributed by atoms with Gasteiger partial charge in [-0.1, -0.05) is 0 Å². The molecule has 1 heterocycles. The van der Waals surface area contributed by atoms with Crippen LogP contribution >= 0.6 is 0 Å². The second-order valence-electron chi connectivity index (χ2n) is 3.27. The quantitative estimate of drug-likeness (QED) is 0.803. The molecule has 5 heteroatoms. The molecule has 2 rings (SSSR count). The van der Waals surface area contributed by atoms with Crippen LogP contribution in [-0.4, -0.2) is 4.98 Å². The number of rotatable bonds is 2. The van der Waals surface area contributed by atoms with Gasteiger partial charge in [0.2, 0.25) is 0 Å². The topological polar surface area (TPSA) is 71.9 Å². The number of hydrogen-bond acceptors (Lipinski definition) is 4. The molecule has 4 nitrogen and oxygen atoms in total. The maximum atomic E-state index is 13.2. The van der Waals surface area contributed by atoms with E-state index >= 15 is 0 Å². The van der Waals surface area contributed by atoms with E-state index in [0.717, 1.165) is 0 Å². The molecule has 17 heavy (non-hydrogen) atoms. The Morgan fingerprint density at radius 2 is 2.00 bits per heavy atom. The van der Waals surface area contributed by atoms with Gasteiger partial charge >= 0.3 is 0 Å². The minimum Gasteiger partial charge on any atom is -0.457 e. The van der Waals surface area contributed by atoms with Gasteiger partial charge in [0.05, 0.1) is 5.69 Å². The Bertz CT molecular complexity index is 593. The van der Waals surface area contributed by atoms with Crippen LogP contribution in [0.3, 0.4) is 0 Å². The first-order valence-corrected chi connectivity index (χ1v) is 4.78. The van der Waals surface area contributed by atoms with Crippen LogP contribution in [0.4, 0.5) is 10.1 Å². The van der Waals surface area contributed by atoms with E-state index in [4.69, 9.17) is 15.7 Å². The van der Waals surface area contributed by atoms with Crippen molar-refractivity contribution in [2.24, 2.45) is 0 Å². The predicted molar refractivity (Wildman–Crippen MR) is 59.8 cm³/mol. The molecule has 0 saturated heterocycles. The van der Waals surface area contributed by atoms with Crippen molar-refractivity contribution in [2.45, 2.75) is 0 Å². The second kappa shape index (κ2) is 4.49. The number of hydrogen-bond donors (Lipinski definition) is 1. The molecule has 0 bridgehead atoms. The molecule has 0 aliphatic rings. The van der Waals surface area contributed by atoms with Crippen LogP contribution in [0.25, 0.3) is 0 Å². The van der Waals surface area contributed by atoms with Gasteiger partial charge in [0.15, 0.2) is 0 Å². The number of nitrogens with two attached hydrogens (primary N) is 1. The minimum absolute atomic E-state index is 0.0600. The van der Waals surface area contributed by atoms with Crippen LogP contribution in [0.5, 0.6) is 11.5 Å². The fraction of sp³-hybridized carbons (Fsp3) is 0. The Labute approximate surface area is 97.1 Å². The van der Waals surface area contributed by atoms with Gasteiger partial charge in [-0.05, 0) is 18.2 Å². The third kappa shape index (κ3) is 2.49. The normalized spacial score (nSPS) is 9.65. The highest BCUT2D eigenvalue weighted by Crippen LogP contribution is 2.24. The van der Waals surface area contributed by atoms with Crippen LogP contribution in [-0.2, 0) is 0 Å². The SMILES string of the molecule is N#Cc1cc(Oc2ccc(N)c(F)c2)ccn1. The predicted octanol–water partition coefficient (Wildman–Crippen LogP) is 2.47. The molecule has 0 unspecified atom stereocenters. The summed E-state index contributed by atoms with van der Waals surface area (Å²) in [5.74, 6) is 0.185. The third-order valence-corrected chi connectivity index (χ3v) is 2.05. The molecule has 1 aromatic heterocycles. The summed E-state index contributed by atoms with van der Waals surface area (Å²) in [5, 5.41) is 8.66. The maximum absolute atomic E-state index is 13.2. The van der Waals surface area contributed by atoms with Gasteiger partial charge in [-0.15, -0.1) is 0 Å². The summed E-state index contributed by atoms with van der Waals surface area (Å²) in [6, 6.07) is 9.08. The number of anilines is 1. The number of pyridine rings is 1. The van der Waals surface area contributed by atoms with Crippen molar-refractivity contribution in [1.82, 2.24) is 4.98 Å². The lowest BCUT2D eigenvalue weighted by molar-refractivity contribution is 0.476. The summed E-state index contributed by atoms with van der Waals surface area (Å²) in [4.78, 5) is 3.80. The molecular weight excluding hydrogens is 221 g/mol. The van der Waals surface area contributed by atoms with E-state index in [1.165, 1.54) is 24.4 Å². The average Bonchev–Trinajstić information content (AvgIpc) is 2.34. The van der Waals surface area contributed by atoms with Crippen molar-refractivity contribution < 1.29 is 9.13 Å². The minimum atomic E-state index is -0.544. The first-order chi connectivity index (χ1) is 8.19. The largest absolute Gasteiger partial charge is 0.457 e. The summed E-state index contributed by atoms with van der Waals surface area (Å²) in [6.07, 6.45) is 1.45. The Hall–Kier alpha value is -2.61. The van der Waals surface area contributed by atoms with Gasteiger partial charge < -0.3 is 10.5 Å². The van der Waals surface area contributed by atoms with Gasteiger partial charge in [-0.2, -0.15) is 5.26 Å². The Morgan fingerprint density at radius 1 is 1.24 bits per heavy atom. The molecule has 0 fully saturated rings. The van der Waals surface area contributed by atoms with E-state index in [2.05, 4.69) is 4.98 Å². The van der Waals surface area contributed by atoms with Crippen molar-refractivity contribution in [2.75, 3.05) is 5.73 Å². The summed E-state index contributed by atoms with van der Waals surface area (Å²) in [7, 11) is 0. The van der Waals surface area contributed by atoms with Crippen molar-refractivity contribution >= 4 is 5.69 Å². The smallest absolute Gasteiger partial charge is 0.149 e. The van der Waals surface area contributed by atoms with Crippen LogP contribution in [0, 0.1) is 17.1 Å². The summed E-state index contributed by atoms with van der Waals surface area (Å²) in [5.41, 5.74) is 5.64. The van der Waals surface area contributed by atoms with Crippen molar-refractivity contribution in [3.05, 3.63) is 48.0 Å². The monoisotopic (exact) mass is 229 g/mol. The number of nitriles is 1. The number of nitrogens with zero attached hydrogens (tertiary/aromatic N) is 2. The Morgan fingerprint density at radius 3 is 2.71 bits per heavy atom. The van der Waals surface area contributed by atoms with Crippen LogP contribution < -0.4 is 10.5 Å². The van der Waals surface area contributed by atoms with Crippen molar-refractivity contribution in [3.8, 4) is 17.6 Å². The third-order valence-electron chi connectivity index (χ3n) is 2.05. The van der Waals surface area contributed by atoms with E-state index in [-0.39, 0.29) is 11.4 Å². The van der Waals surface area contributed by atoms with Gasteiger partial charge in [0, 0.05) is 18.3 Å². The zero-order valence-electron chi connectivity index (χ0n) is 8.72. The lowest BCUT2D eigenvalue weighted by atomic mass is 10.3. The zero-order valence-corrected chi connectivity index (χ0v) is 8.72. The Balaban J connectivity index is 2.25. The van der Waals surface area contributed by atoms with Gasteiger partial charge in [-0.25, -0.2) is 9.37 Å². The first-order valence-electron chi connectivity index (χ1n) is 4.78. The molecule has 0 radical (unpaired) electrons. The number of halogens is 1. The summed E-state index contributed by atoms with van der Waals surface area (Å²) < 4.78 is 18.5. The highest BCUT2D eigenvalue weighted by Gasteiger charge is 2.03. The first kappa shape index (κ1) is 10.9. The molecular formula is C12H8FN3O. The standard InChI is InChI=1S/C12H8FN3O/c13-11-6-9(1-2-12(11)15)17-10-3-4-16-8(5-10)7-14/h1-6H,15H2. The van der Waals surface area contributed by atoms with Gasteiger partial charge in [-0.3, -0.25) is 0 Å². The van der Waals surface area contributed by atoms with Gasteiger partial charge in [0.25, 0.3) is 0 Å². The second-order valence-corrected chi connectivity index (χ2v) is 3.27. The average molecular weight is 229 g/mol. The fourth-order valence-electron chi connectivity index (χ4n) is 1.24. The number of benzene rings is 1. The molecule has 1 aromatic carbocycles. The van der Waals surface area contributed by atoms with E-state index in [0.29, 0.717) is 11.5 Å². The number of aromatic nitrogens is 1. The fourth-order valence-corrected chi connectivity index (χ4v) is 1.24. The molecule has 2 aromatic rings. The number of nitrogen functional groups attached to an aromatic ring is 1. The summed E-state index contributed by atoms with van der Waals surface area (Å²) >= 11 is 0. The molecule has 0 amide bonds. The molecule has 84 valence electrons. The molecule has 0 aliphatic carbocycles. The molecule has 2 N–H and O–H groups in total. The zero-order chi connectivity index (χ0) is 12.3. The molecule has 0 aliphatic heterocycles. The molecule has 0 saturated carbocycles. The van der Waals surface area contributed by atoms with Gasteiger partial charge in [0.1, 0.15) is 29.1 Å². The molecule has 0 spiro atoms. The highest BCUT2D eigenvalue weighted by molar-refractivity contribution is 5.45. The van der Waals surface area contributed by atoms with Crippen molar-refractivity contribution in [3.63, 3.8) is 0 Å². The highest BCUT2D eigenvalue weighted by atomic mass is 19.1. The van der Waals surface area contributed by atoms with Crippen LogP contribution in [0.15, 0.2) is 36.5 Å². The lowest BCUT2D eigenvalue weighted by Gasteiger charge is -2.06. The van der Waals surface area contributed by atoms with Crippen LogP contribution in [0.2, 0.25) is 0 Å². The maximum Gasteiger partial charge on any atom is 0.149 e. The van der Waals surface area contributed by atoms with E-state index in [1.807, 2.05) is 6.07 Å². The van der Waals surface area contributed by atoms with E-state index < -0.39 is 5.82 Å². The Kier molecular flexibility index (Phi) is 2.88.